The highest BCUT2D eigenvalue weighted by molar-refractivity contribution is 5.41. The SMILES string of the molecule is CCN(CC)CCOc1ccc(C(C)(C)c2ccc(OCCN(CC)CC)cc2)cc1. The van der Waals surface area contributed by atoms with Crippen molar-refractivity contribution in [2.24, 2.45) is 0 Å². The summed E-state index contributed by atoms with van der Waals surface area (Å²) in [5.74, 6) is 1.87. The van der Waals surface area contributed by atoms with Gasteiger partial charge in [0.15, 0.2) is 0 Å². The Balaban J connectivity index is 1.93. The molecule has 0 fully saturated rings. The highest BCUT2D eigenvalue weighted by Crippen LogP contribution is 2.33. The van der Waals surface area contributed by atoms with Gasteiger partial charge in [-0.2, -0.15) is 0 Å². The van der Waals surface area contributed by atoms with Crippen LogP contribution in [0.4, 0.5) is 0 Å². The van der Waals surface area contributed by atoms with Crippen LogP contribution < -0.4 is 9.47 Å². The molecule has 0 saturated heterocycles. The number of hydrogen-bond acceptors (Lipinski definition) is 4. The van der Waals surface area contributed by atoms with E-state index in [1.807, 2.05) is 0 Å². The van der Waals surface area contributed by atoms with E-state index >= 15 is 0 Å². The molecule has 0 amide bonds. The quantitative estimate of drug-likeness (QED) is 0.401. The molecule has 172 valence electrons. The Kier molecular flexibility index (Phi) is 10.4. The lowest BCUT2D eigenvalue weighted by Gasteiger charge is -2.26. The van der Waals surface area contributed by atoms with E-state index in [0.29, 0.717) is 0 Å². The van der Waals surface area contributed by atoms with Gasteiger partial charge >= 0.3 is 0 Å². The molecule has 4 heteroatoms. The molecular weight excluding hydrogens is 384 g/mol. The number of benzene rings is 2. The molecule has 0 radical (unpaired) electrons. The van der Waals surface area contributed by atoms with E-state index in [-0.39, 0.29) is 5.41 Å². The zero-order valence-corrected chi connectivity index (χ0v) is 20.5. The van der Waals surface area contributed by atoms with Gasteiger partial charge in [-0.25, -0.2) is 0 Å². The number of ether oxygens (including phenoxy) is 2. The van der Waals surface area contributed by atoms with Crippen LogP contribution in [0.5, 0.6) is 11.5 Å². The molecule has 0 N–H and O–H groups in total. The monoisotopic (exact) mass is 426 g/mol. The van der Waals surface area contributed by atoms with Crippen LogP contribution in [-0.2, 0) is 5.41 Å². The van der Waals surface area contributed by atoms with Crippen LogP contribution in [0.15, 0.2) is 48.5 Å². The van der Waals surface area contributed by atoms with Crippen LogP contribution in [0.3, 0.4) is 0 Å². The predicted molar refractivity (Wildman–Crippen MR) is 132 cm³/mol. The van der Waals surface area contributed by atoms with Crippen molar-refractivity contribution in [2.45, 2.75) is 47.0 Å². The maximum absolute atomic E-state index is 5.94. The van der Waals surface area contributed by atoms with Gasteiger partial charge in [-0.05, 0) is 61.6 Å². The maximum atomic E-state index is 5.94. The Bertz CT molecular complexity index is 669. The van der Waals surface area contributed by atoms with Gasteiger partial charge < -0.3 is 19.3 Å². The second-order valence-corrected chi connectivity index (χ2v) is 8.42. The lowest BCUT2D eigenvalue weighted by atomic mass is 9.78. The van der Waals surface area contributed by atoms with E-state index in [1.165, 1.54) is 11.1 Å². The van der Waals surface area contributed by atoms with Gasteiger partial charge in [-0.1, -0.05) is 65.8 Å². The molecule has 0 aliphatic heterocycles. The molecular formula is C27H42N2O2. The van der Waals surface area contributed by atoms with Crippen molar-refractivity contribution in [1.29, 1.82) is 0 Å². The fourth-order valence-electron chi connectivity index (χ4n) is 3.77. The van der Waals surface area contributed by atoms with Crippen molar-refractivity contribution in [1.82, 2.24) is 9.80 Å². The van der Waals surface area contributed by atoms with E-state index in [1.54, 1.807) is 0 Å². The van der Waals surface area contributed by atoms with Crippen molar-refractivity contribution in [3.63, 3.8) is 0 Å². The summed E-state index contributed by atoms with van der Waals surface area (Å²) in [5, 5.41) is 0. The molecule has 0 aliphatic rings. The highest BCUT2D eigenvalue weighted by atomic mass is 16.5. The molecule has 0 saturated carbocycles. The van der Waals surface area contributed by atoms with Gasteiger partial charge in [0.1, 0.15) is 24.7 Å². The standard InChI is InChI=1S/C27H42N2O2/c1-7-28(8-2)19-21-30-25-15-11-23(12-16-25)27(5,6)24-13-17-26(18-14-24)31-22-20-29(9-3)10-4/h11-18H,7-10,19-22H2,1-6H3. The number of rotatable bonds is 14. The van der Waals surface area contributed by atoms with Crippen LogP contribution >= 0.6 is 0 Å². The second kappa shape index (κ2) is 12.7. The van der Waals surface area contributed by atoms with E-state index in [0.717, 1.165) is 64.0 Å². The average Bonchev–Trinajstić information content (AvgIpc) is 2.80. The van der Waals surface area contributed by atoms with Gasteiger partial charge in [0.05, 0.1) is 0 Å². The van der Waals surface area contributed by atoms with Gasteiger partial charge in [-0.15, -0.1) is 0 Å². The van der Waals surface area contributed by atoms with E-state index in [4.69, 9.17) is 9.47 Å². The second-order valence-electron chi connectivity index (χ2n) is 8.42. The molecule has 2 rings (SSSR count). The minimum Gasteiger partial charge on any atom is -0.492 e. The Labute approximate surface area is 190 Å². The Morgan fingerprint density at radius 3 is 1.19 bits per heavy atom. The molecule has 0 aliphatic carbocycles. The van der Waals surface area contributed by atoms with Crippen molar-refractivity contribution < 1.29 is 9.47 Å². The Morgan fingerprint density at radius 1 is 0.581 bits per heavy atom. The number of hydrogen-bond donors (Lipinski definition) is 0. The molecule has 0 aromatic heterocycles. The topological polar surface area (TPSA) is 24.9 Å². The summed E-state index contributed by atoms with van der Waals surface area (Å²) in [5.41, 5.74) is 2.47. The first kappa shape index (κ1) is 25.2. The lowest BCUT2D eigenvalue weighted by Crippen LogP contribution is -2.28. The first-order valence-electron chi connectivity index (χ1n) is 11.9. The minimum atomic E-state index is -0.0838. The van der Waals surface area contributed by atoms with Crippen LogP contribution in [-0.4, -0.2) is 62.3 Å². The van der Waals surface area contributed by atoms with Crippen molar-refractivity contribution in [3.05, 3.63) is 59.7 Å². The summed E-state index contributed by atoms with van der Waals surface area (Å²) >= 11 is 0. The molecule has 2 aromatic carbocycles. The molecule has 0 spiro atoms. The Morgan fingerprint density at radius 2 is 0.903 bits per heavy atom. The van der Waals surface area contributed by atoms with Gasteiger partial charge in [0, 0.05) is 18.5 Å². The molecule has 0 heterocycles. The number of nitrogens with zero attached hydrogens (tertiary/aromatic N) is 2. The number of likely N-dealkylation sites (N-methyl/N-ethyl adjacent to an activating group) is 2. The van der Waals surface area contributed by atoms with Crippen molar-refractivity contribution in [2.75, 3.05) is 52.5 Å². The zero-order chi connectivity index (χ0) is 22.7. The van der Waals surface area contributed by atoms with E-state index < -0.39 is 0 Å². The fourth-order valence-corrected chi connectivity index (χ4v) is 3.77. The predicted octanol–water partition coefficient (Wildman–Crippen LogP) is 5.45. The summed E-state index contributed by atoms with van der Waals surface area (Å²) in [6.07, 6.45) is 0. The zero-order valence-electron chi connectivity index (χ0n) is 20.5. The van der Waals surface area contributed by atoms with Crippen LogP contribution in [0.1, 0.15) is 52.7 Å². The third kappa shape index (κ3) is 7.55. The average molecular weight is 427 g/mol. The smallest absolute Gasteiger partial charge is 0.119 e. The van der Waals surface area contributed by atoms with E-state index in [2.05, 4.69) is 99.9 Å². The third-order valence-corrected chi connectivity index (χ3v) is 6.29. The lowest BCUT2D eigenvalue weighted by molar-refractivity contribution is 0.222. The molecule has 0 unspecified atom stereocenters. The van der Waals surface area contributed by atoms with E-state index in [9.17, 15) is 0 Å². The molecule has 0 atom stereocenters. The fraction of sp³-hybridized carbons (Fsp3) is 0.556. The third-order valence-electron chi connectivity index (χ3n) is 6.29. The molecule has 0 bridgehead atoms. The molecule has 4 nitrogen and oxygen atoms in total. The first-order chi connectivity index (χ1) is 14.9. The molecule has 31 heavy (non-hydrogen) atoms. The van der Waals surface area contributed by atoms with Crippen LogP contribution in [0, 0.1) is 0 Å². The summed E-state index contributed by atoms with van der Waals surface area (Å²) in [6, 6.07) is 17.1. The summed E-state index contributed by atoms with van der Waals surface area (Å²) in [6.45, 7) is 20.9. The summed E-state index contributed by atoms with van der Waals surface area (Å²) in [7, 11) is 0. The maximum Gasteiger partial charge on any atom is 0.119 e. The largest absolute Gasteiger partial charge is 0.492 e. The van der Waals surface area contributed by atoms with Gasteiger partial charge in [-0.3, -0.25) is 0 Å². The highest BCUT2D eigenvalue weighted by Gasteiger charge is 2.23. The van der Waals surface area contributed by atoms with Gasteiger partial charge in [0.2, 0.25) is 0 Å². The van der Waals surface area contributed by atoms with Crippen molar-refractivity contribution >= 4 is 0 Å². The van der Waals surface area contributed by atoms with Crippen LogP contribution in [0.2, 0.25) is 0 Å². The summed E-state index contributed by atoms with van der Waals surface area (Å²) in [4.78, 5) is 4.74. The normalized spacial score (nSPS) is 11.9. The Hall–Kier alpha value is -2.04. The van der Waals surface area contributed by atoms with Crippen molar-refractivity contribution in [3.8, 4) is 11.5 Å². The first-order valence-corrected chi connectivity index (χ1v) is 11.9. The minimum absolute atomic E-state index is 0.0838. The molecule has 2 aromatic rings. The van der Waals surface area contributed by atoms with Gasteiger partial charge in [0.25, 0.3) is 0 Å². The summed E-state index contributed by atoms with van der Waals surface area (Å²) < 4.78 is 11.9. The van der Waals surface area contributed by atoms with Crippen LogP contribution in [0.25, 0.3) is 0 Å².